The maximum atomic E-state index is 12.3. The molecule has 2 heterocycles. The molecule has 2 aromatic rings. The molecule has 8 nitrogen and oxygen atoms in total. The van der Waals surface area contributed by atoms with E-state index >= 15 is 0 Å². The Kier molecular flexibility index (Phi) is 4.28. The van der Waals surface area contributed by atoms with Gasteiger partial charge in [0.15, 0.2) is 0 Å². The quantitative estimate of drug-likeness (QED) is 0.864. The van der Waals surface area contributed by atoms with E-state index in [1.54, 1.807) is 18.2 Å². The van der Waals surface area contributed by atoms with Gasteiger partial charge in [0, 0.05) is 13.1 Å². The van der Waals surface area contributed by atoms with Crippen LogP contribution in [-0.2, 0) is 10.0 Å². The molecule has 23 heavy (non-hydrogen) atoms. The molecule has 0 atom stereocenters. The van der Waals surface area contributed by atoms with Crippen LogP contribution >= 0.6 is 0 Å². The molecule has 0 aliphatic carbocycles. The molecule has 1 saturated heterocycles. The Balaban J connectivity index is 1.87. The van der Waals surface area contributed by atoms with E-state index in [1.165, 1.54) is 18.6 Å². The fraction of sp³-hybridized carbons (Fsp3) is 0.357. The number of piperidine rings is 1. The molecule has 122 valence electrons. The van der Waals surface area contributed by atoms with E-state index in [0.717, 1.165) is 25.9 Å². The van der Waals surface area contributed by atoms with Crippen molar-refractivity contribution in [3.05, 3.63) is 30.3 Å². The predicted octanol–water partition coefficient (Wildman–Crippen LogP) is 1.24. The number of hydrogen-bond donors (Lipinski definition) is 2. The minimum absolute atomic E-state index is 0.00802. The summed E-state index contributed by atoms with van der Waals surface area (Å²) in [6.07, 6.45) is 3.28. The monoisotopic (exact) mass is 334 g/mol. The van der Waals surface area contributed by atoms with Crippen LogP contribution < -0.4 is 15.4 Å². The van der Waals surface area contributed by atoms with Crippen molar-refractivity contribution in [2.24, 2.45) is 0 Å². The van der Waals surface area contributed by atoms with Crippen LogP contribution in [0.5, 0.6) is 0 Å². The van der Waals surface area contributed by atoms with E-state index in [9.17, 15) is 8.42 Å². The second-order valence-corrected chi connectivity index (χ2v) is 6.97. The minimum atomic E-state index is -3.75. The first-order valence-electron chi connectivity index (χ1n) is 7.39. The Labute approximate surface area is 134 Å². The number of hydrogen-bond acceptors (Lipinski definition) is 7. The number of nitrogens with two attached hydrogens (primary N) is 1. The van der Waals surface area contributed by atoms with Crippen LogP contribution in [0.25, 0.3) is 0 Å². The van der Waals surface area contributed by atoms with Crippen molar-refractivity contribution in [2.75, 3.05) is 28.4 Å². The van der Waals surface area contributed by atoms with Crippen LogP contribution in [0.1, 0.15) is 19.3 Å². The highest BCUT2D eigenvalue weighted by atomic mass is 32.2. The topological polar surface area (TPSA) is 114 Å². The zero-order valence-corrected chi connectivity index (χ0v) is 13.3. The average Bonchev–Trinajstić information content (AvgIpc) is 2.55. The van der Waals surface area contributed by atoms with Gasteiger partial charge < -0.3 is 10.6 Å². The molecule has 1 fully saturated rings. The second kappa shape index (κ2) is 6.37. The highest BCUT2D eigenvalue weighted by Crippen LogP contribution is 2.19. The van der Waals surface area contributed by atoms with E-state index in [-0.39, 0.29) is 16.8 Å². The third-order valence-electron chi connectivity index (χ3n) is 3.56. The van der Waals surface area contributed by atoms with Crippen molar-refractivity contribution in [3.63, 3.8) is 0 Å². The zero-order chi connectivity index (χ0) is 16.3. The van der Waals surface area contributed by atoms with Crippen molar-refractivity contribution < 1.29 is 8.42 Å². The van der Waals surface area contributed by atoms with Gasteiger partial charge in [-0.05, 0) is 31.4 Å². The van der Waals surface area contributed by atoms with Gasteiger partial charge in [0.2, 0.25) is 17.8 Å². The highest BCUT2D eigenvalue weighted by Gasteiger charge is 2.19. The van der Waals surface area contributed by atoms with Crippen LogP contribution in [0.3, 0.4) is 0 Å². The Morgan fingerprint density at radius 1 is 1.00 bits per heavy atom. The van der Waals surface area contributed by atoms with Crippen molar-refractivity contribution in [1.29, 1.82) is 0 Å². The van der Waals surface area contributed by atoms with Crippen LogP contribution in [-0.4, -0.2) is 36.5 Å². The second-order valence-electron chi connectivity index (χ2n) is 5.28. The standard InChI is InChI=1S/C14H18N6O2S/c15-12-16-13(18-14(17-12)20-9-5-2-6-10-20)19-23(21,22)11-7-3-1-4-8-11/h1,3-4,7-8H,2,5-6,9-10H2,(H3,15,16,17,18,19). The molecule has 3 rings (SSSR count). The average molecular weight is 334 g/mol. The first-order chi connectivity index (χ1) is 11.0. The normalized spacial score (nSPS) is 15.4. The van der Waals surface area contributed by atoms with Crippen molar-refractivity contribution in [2.45, 2.75) is 24.2 Å². The fourth-order valence-corrected chi connectivity index (χ4v) is 3.41. The number of benzene rings is 1. The van der Waals surface area contributed by atoms with Gasteiger partial charge in [0.1, 0.15) is 0 Å². The van der Waals surface area contributed by atoms with Crippen LogP contribution in [0, 0.1) is 0 Å². The SMILES string of the molecule is Nc1nc(NS(=O)(=O)c2ccccc2)nc(N2CCCCC2)n1. The molecular formula is C14H18N6O2S. The van der Waals surface area contributed by atoms with E-state index in [2.05, 4.69) is 19.7 Å². The number of anilines is 3. The summed E-state index contributed by atoms with van der Waals surface area (Å²) in [7, 11) is -3.75. The fourth-order valence-electron chi connectivity index (χ4n) is 2.44. The highest BCUT2D eigenvalue weighted by molar-refractivity contribution is 7.92. The number of nitrogens with one attached hydrogen (secondary N) is 1. The third kappa shape index (κ3) is 3.67. The van der Waals surface area contributed by atoms with Crippen LogP contribution in [0.15, 0.2) is 35.2 Å². The molecule has 0 saturated carbocycles. The Morgan fingerprint density at radius 3 is 2.39 bits per heavy atom. The van der Waals surface area contributed by atoms with Crippen LogP contribution in [0.2, 0.25) is 0 Å². The number of nitrogen functional groups attached to an aromatic ring is 1. The van der Waals surface area contributed by atoms with Gasteiger partial charge in [-0.1, -0.05) is 18.2 Å². The van der Waals surface area contributed by atoms with E-state index in [4.69, 9.17) is 5.73 Å². The number of rotatable bonds is 4. The summed E-state index contributed by atoms with van der Waals surface area (Å²) >= 11 is 0. The molecular weight excluding hydrogens is 316 g/mol. The Hall–Kier alpha value is -2.42. The van der Waals surface area contributed by atoms with Crippen molar-refractivity contribution in [3.8, 4) is 0 Å². The summed E-state index contributed by atoms with van der Waals surface area (Å²) < 4.78 is 27.0. The number of sulfonamides is 1. The van der Waals surface area contributed by atoms with Gasteiger partial charge in [-0.15, -0.1) is 0 Å². The third-order valence-corrected chi connectivity index (χ3v) is 4.90. The van der Waals surface area contributed by atoms with Gasteiger partial charge in [0.25, 0.3) is 10.0 Å². The maximum absolute atomic E-state index is 12.3. The smallest absolute Gasteiger partial charge is 0.264 e. The number of aromatic nitrogens is 3. The molecule has 0 spiro atoms. The lowest BCUT2D eigenvalue weighted by Gasteiger charge is -2.26. The lowest BCUT2D eigenvalue weighted by atomic mass is 10.1. The molecule has 0 radical (unpaired) electrons. The van der Waals surface area contributed by atoms with Gasteiger partial charge in [-0.25, -0.2) is 13.1 Å². The largest absolute Gasteiger partial charge is 0.368 e. The molecule has 1 aliphatic heterocycles. The summed E-state index contributed by atoms with van der Waals surface area (Å²) in [5.74, 6) is 0.330. The molecule has 0 amide bonds. The summed E-state index contributed by atoms with van der Waals surface area (Å²) in [4.78, 5) is 14.3. The van der Waals surface area contributed by atoms with Gasteiger partial charge >= 0.3 is 0 Å². The summed E-state index contributed by atoms with van der Waals surface area (Å²) in [5.41, 5.74) is 5.70. The first kappa shape index (κ1) is 15.5. The van der Waals surface area contributed by atoms with Gasteiger partial charge in [-0.3, -0.25) is 0 Å². The molecule has 3 N–H and O–H groups in total. The lowest BCUT2D eigenvalue weighted by Crippen LogP contribution is -2.31. The van der Waals surface area contributed by atoms with Crippen molar-refractivity contribution in [1.82, 2.24) is 15.0 Å². The maximum Gasteiger partial charge on any atom is 0.264 e. The minimum Gasteiger partial charge on any atom is -0.368 e. The predicted molar refractivity (Wildman–Crippen MR) is 87.6 cm³/mol. The molecule has 1 aliphatic rings. The van der Waals surface area contributed by atoms with E-state index < -0.39 is 10.0 Å². The Bertz CT molecular complexity index is 775. The van der Waals surface area contributed by atoms with Gasteiger partial charge in [-0.2, -0.15) is 15.0 Å². The first-order valence-corrected chi connectivity index (χ1v) is 8.87. The van der Waals surface area contributed by atoms with Gasteiger partial charge in [0.05, 0.1) is 4.90 Å². The summed E-state index contributed by atoms with van der Waals surface area (Å²) in [6.45, 7) is 1.66. The Morgan fingerprint density at radius 2 is 1.70 bits per heavy atom. The number of nitrogens with zero attached hydrogens (tertiary/aromatic N) is 4. The molecule has 1 aromatic carbocycles. The van der Waals surface area contributed by atoms with E-state index in [1.807, 2.05) is 4.90 Å². The van der Waals surface area contributed by atoms with Crippen molar-refractivity contribution >= 4 is 27.9 Å². The summed E-state index contributed by atoms with van der Waals surface area (Å²) in [5, 5.41) is 0. The molecule has 0 bridgehead atoms. The van der Waals surface area contributed by atoms with E-state index in [0.29, 0.717) is 5.95 Å². The molecule has 9 heteroatoms. The molecule has 1 aromatic heterocycles. The molecule has 0 unspecified atom stereocenters. The van der Waals surface area contributed by atoms with Crippen LogP contribution in [0.4, 0.5) is 17.8 Å². The lowest BCUT2D eigenvalue weighted by molar-refractivity contribution is 0.568. The summed E-state index contributed by atoms with van der Waals surface area (Å²) in [6, 6.07) is 8.04. The zero-order valence-electron chi connectivity index (χ0n) is 12.5.